The number of aliphatic hydroxyl groups excluding tert-OH is 2. The van der Waals surface area contributed by atoms with Gasteiger partial charge in [-0.05, 0) is 34.6 Å². The summed E-state index contributed by atoms with van der Waals surface area (Å²) in [6.45, 7) is 7.98. The summed E-state index contributed by atoms with van der Waals surface area (Å²) in [4.78, 5) is 17.4. The first-order valence-electron chi connectivity index (χ1n) is 7.46. The number of β-amino-alcohol motifs (C(OH)–C–C–N with tert-alkyl or cyclic N) is 1. The van der Waals surface area contributed by atoms with Crippen LogP contribution in [-0.4, -0.2) is 64.8 Å². The number of carbonyl (C=O) groups excluding carboxylic acids is 1. The Bertz CT molecular complexity index is 442. The molecular formula is C13H26NO8P. The van der Waals surface area contributed by atoms with E-state index in [0.717, 1.165) is 5.06 Å². The second kappa shape index (κ2) is 7.92. The Kier molecular flexibility index (Phi) is 7.00. The van der Waals surface area contributed by atoms with E-state index in [4.69, 9.17) is 18.6 Å². The van der Waals surface area contributed by atoms with Crippen LogP contribution in [-0.2, 0) is 23.2 Å². The van der Waals surface area contributed by atoms with Gasteiger partial charge in [-0.25, -0.2) is 9.63 Å². The summed E-state index contributed by atoms with van der Waals surface area (Å²) in [6.07, 6.45) is -3.78. The third kappa shape index (κ3) is 5.41. The molecule has 0 aromatic heterocycles. The second-order valence-electron chi connectivity index (χ2n) is 5.97. The number of hydrogen-bond acceptors (Lipinski definition) is 8. The van der Waals surface area contributed by atoms with Gasteiger partial charge in [0.15, 0.2) is 0 Å². The monoisotopic (exact) mass is 355 g/mol. The third-order valence-electron chi connectivity index (χ3n) is 2.80. The zero-order chi connectivity index (χ0) is 17.8. The van der Waals surface area contributed by atoms with E-state index in [1.807, 2.05) is 0 Å². The largest absolute Gasteiger partial charge is 0.442 e. The van der Waals surface area contributed by atoms with Gasteiger partial charge in [-0.15, -0.1) is 0 Å². The molecule has 1 amide bonds. The van der Waals surface area contributed by atoms with Crippen LogP contribution < -0.4 is 0 Å². The number of ether oxygens (including phenoxy) is 1. The molecule has 2 N–H and O–H groups in total. The lowest BCUT2D eigenvalue weighted by atomic mass is 10.2. The highest BCUT2D eigenvalue weighted by atomic mass is 31.2. The highest BCUT2D eigenvalue weighted by molar-refractivity contribution is 7.54. The van der Waals surface area contributed by atoms with E-state index in [9.17, 15) is 19.6 Å². The highest BCUT2D eigenvalue weighted by Crippen LogP contribution is 2.56. The molecule has 1 aliphatic heterocycles. The molecule has 0 spiro atoms. The quantitative estimate of drug-likeness (QED) is 0.713. The van der Waals surface area contributed by atoms with Gasteiger partial charge in [0.2, 0.25) is 5.85 Å². The van der Waals surface area contributed by atoms with Crippen molar-refractivity contribution < 1.29 is 38.2 Å². The van der Waals surface area contributed by atoms with Crippen LogP contribution in [0, 0.1) is 0 Å². The molecule has 0 radical (unpaired) electrons. The van der Waals surface area contributed by atoms with Gasteiger partial charge in [-0.1, -0.05) is 0 Å². The molecule has 1 fully saturated rings. The molecule has 1 aliphatic rings. The summed E-state index contributed by atoms with van der Waals surface area (Å²) in [6, 6.07) is 0. The fourth-order valence-electron chi connectivity index (χ4n) is 1.92. The molecule has 0 aromatic carbocycles. The molecule has 0 aliphatic carbocycles. The number of hydroxylamine groups is 2. The van der Waals surface area contributed by atoms with Crippen molar-refractivity contribution in [2.24, 2.45) is 0 Å². The highest BCUT2D eigenvalue weighted by Gasteiger charge is 2.51. The van der Waals surface area contributed by atoms with Crippen LogP contribution in [0.25, 0.3) is 0 Å². The van der Waals surface area contributed by atoms with Crippen molar-refractivity contribution in [1.82, 2.24) is 5.06 Å². The molecular weight excluding hydrogens is 329 g/mol. The van der Waals surface area contributed by atoms with Gasteiger partial charge in [0, 0.05) is 0 Å². The van der Waals surface area contributed by atoms with E-state index in [-0.39, 0.29) is 19.8 Å². The minimum absolute atomic E-state index is 0.0480. The summed E-state index contributed by atoms with van der Waals surface area (Å²) in [5.41, 5.74) is -0.777. The van der Waals surface area contributed by atoms with E-state index in [2.05, 4.69) is 0 Å². The third-order valence-corrected chi connectivity index (χ3v) is 5.06. The Morgan fingerprint density at radius 3 is 2.22 bits per heavy atom. The van der Waals surface area contributed by atoms with Crippen LogP contribution in [0.5, 0.6) is 0 Å². The van der Waals surface area contributed by atoms with Crippen molar-refractivity contribution in [3.8, 4) is 0 Å². The first-order chi connectivity index (χ1) is 10.5. The Morgan fingerprint density at radius 1 is 1.26 bits per heavy atom. The van der Waals surface area contributed by atoms with Crippen molar-refractivity contribution in [2.45, 2.75) is 58.3 Å². The predicted molar refractivity (Wildman–Crippen MR) is 80.7 cm³/mol. The lowest BCUT2D eigenvalue weighted by Gasteiger charge is -2.40. The van der Waals surface area contributed by atoms with Crippen molar-refractivity contribution in [3.63, 3.8) is 0 Å². The van der Waals surface area contributed by atoms with Crippen molar-refractivity contribution in [2.75, 3.05) is 19.8 Å². The number of amides is 1. The summed E-state index contributed by atoms with van der Waals surface area (Å²) in [5.74, 6) is -1.53. The fraction of sp³-hybridized carbons (Fsp3) is 0.923. The average Bonchev–Trinajstić information content (AvgIpc) is 2.40. The zero-order valence-electron chi connectivity index (χ0n) is 14.1. The molecule has 3 atom stereocenters. The maximum atomic E-state index is 12.8. The van der Waals surface area contributed by atoms with Gasteiger partial charge >= 0.3 is 13.7 Å². The van der Waals surface area contributed by atoms with Gasteiger partial charge in [-0.3, -0.25) is 4.57 Å². The lowest BCUT2D eigenvalue weighted by molar-refractivity contribution is -0.244. The molecule has 136 valence electrons. The normalized spacial score (nSPS) is 26.2. The van der Waals surface area contributed by atoms with Crippen molar-refractivity contribution in [3.05, 3.63) is 0 Å². The van der Waals surface area contributed by atoms with Gasteiger partial charge in [-0.2, -0.15) is 5.06 Å². The molecule has 9 nitrogen and oxygen atoms in total. The minimum Gasteiger partial charge on any atom is -0.442 e. The molecule has 0 unspecified atom stereocenters. The number of hydrogen-bond donors (Lipinski definition) is 2. The number of aliphatic hydroxyl groups is 2. The standard InChI is InChI=1S/C13H26NO8P/c1-6-19-23(18,20-7-2)11-10(16)9(15)8-14(22-11)12(17)21-13(3,4)5/h9-11,15-16H,6-8H2,1-5H3/t9-,10-,11+/m1/s1. The summed E-state index contributed by atoms with van der Waals surface area (Å²) < 4.78 is 28.1. The van der Waals surface area contributed by atoms with Crippen LogP contribution in [0.3, 0.4) is 0 Å². The van der Waals surface area contributed by atoms with E-state index >= 15 is 0 Å². The van der Waals surface area contributed by atoms with E-state index in [0.29, 0.717) is 0 Å². The lowest BCUT2D eigenvalue weighted by Crippen LogP contribution is -2.56. The molecule has 0 bridgehead atoms. The first-order valence-corrected chi connectivity index (χ1v) is 9.07. The van der Waals surface area contributed by atoms with Gasteiger partial charge in [0.25, 0.3) is 0 Å². The Hall–Kier alpha value is -0.700. The van der Waals surface area contributed by atoms with Gasteiger partial charge in [0.1, 0.15) is 17.8 Å². The van der Waals surface area contributed by atoms with Gasteiger partial charge < -0.3 is 24.0 Å². The predicted octanol–water partition coefficient (Wildman–Crippen LogP) is 1.48. The van der Waals surface area contributed by atoms with Crippen LogP contribution in [0.1, 0.15) is 34.6 Å². The maximum Gasteiger partial charge on any atom is 0.434 e. The van der Waals surface area contributed by atoms with Crippen molar-refractivity contribution >= 4 is 13.7 Å². The second-order valence-corrected chi connectivity index (χ2v) is 8.08. The van der Waals surface area contributed by atoms with Crippen LogP contribution in [0.2, 0.25) is 0 Å². The summed E-state index contributed by atoms with van der Waals surface area (Å²) in [5, 5.41) is 20.7. The number of rotatable bonds is 5. The number of carbonyl (C=O) groups is 1. The Labute approximate surface area is 135 Å². The van der Waals surface area contributed by atoms with E-state index in [1.165, 1.54) is 0 Å². The summed E-state index contributed by atoms with van der Waals surface area (Å²) >= 11 is 0. The minimum atomic E-state index is -3.90. The molecule has 10 heteroatoms. The number of nitrogens with zero attached hydrogens (tertiary/aromatic N) is 1. The van der Waals surface area contributed by atoms with Crippen LogP contribution in [0.4, 0.5) is 4.79 Å². The topological polar surface area (TPSA) is 115 Å². The average molecular weight is 355 g/mol. The first kappa shape index (κ1) is 20.3. The maximum absolute atomic E-state index is 12.8. The van der Waals surface area contributed by atoms with Crippen LogP contribution in [0.15, 0.2) is 0 Å². The molecule has 23 heavy (non-hydrogen) atoms. The molecule has 1 heterocycles. The summed E-state index contributed by atoms with van der Waals surface area (Å²) in [7, 11) is -3.90. The van der Waals surface area contributed by atoms with Crippen LogP contribution >= 0.6 is 7.60 Å². The SMILES string of the molecule is CCOP(=O)(OCC)[C@@H]1ON(C(=O)OC(C)(C)C)C[C@@H](O)[C@H]1O. The Morgan fingerprint density at radius 2 is 1.78 bits per heavy atom. The van der Waals surface area contributed by atoms with E-state index < -0.39 is 37.3 Å². The Balaban J connectivity index is 2.98. The zero-order valence-corrected chi connectivity index (χ0v) is 15.0. The molecule has 1 rings (SSSR count). The molecule has 1 saturated heterocycles. The fourth-order valence-corrected chi connectivity index (χ4v) is 3.81. The van der Waals surface area contributed by atoms with Gasteiger partial charge in [0.05, 0.1) is 19.8 Å². The van der Waals surface area contributed by atoms with E-state index in [1.54, 1.807) is 34.6 Å². The molecule has 0 aromatic rings. The van der Waals surface area contributed by atoms with Crippen molar-refractivity contribution in [1.29, 1.82) is 0 Å². The smallest absolute Gasteiger partial charge is 0.434 e. The molecule has 0 saturated carbocycles.